The molecule has 1 aromatic heterocycles. The highest BCUT2D eigenvalue weighted by Gasteiger charge is 2.28. The maximum absolute atomic E-state index is 12.8. The smallest absolute Gasteiger partial charge is 0.297 e. The SMILES string of the molecule is Cc1ccc(S(=O)(=O)OC[C@@H](O)[C@H](c2ccccc2)n2ccc3cccc(OCc4ccccc4)c32)cc1. The van der Waals surface area contributed by atoms with Gasteiger partial charge in [-0.15, -0.1) is 0 Å². The third kappa shape index (κ3) is 5.65. The molecular weight excluding hydrogens is 498 g/mol. The number of benzene rings is 4. The van der Waals surface area contributed by atoms with Gasteiger partial charge in [-0.25, -0.2) is 0 Å². The average molecular weight is 528 g/mol. The Kier molecular flexibility index (Phi) is 7.60. The number of rotatable bonds is 10. The van der Waals surface area contributed by atoms with E-state index in [2.05, 4.69) is 0 Å². The lowest BCUT2D eigenvalue weighted by molar-refractivity contribution is 0.0783. The van der Waals surface area contributed by atoms with Gasteiger partial charge in [0.05, 0.1) is 23.1 Å². The number of para-hydroxylation sites is 1. The van der Waals surface area contributed by atoms with Crippen molar-refractivity contribution in [1.82, 2.24) is 4.57 Å². The van der Waals surface area contributed by atoms with Gasteiger partial charge in [-0.1, -0.05) is 90.5 Å². The molecule has 0 aliphatic heterocycles. The van der Waals surface area contributed by atoms with Crippen molar-refractivity contribution in [2.45, 2.75) is 30.6 Å². The van der Waals surface area contributed by atoms with Crippen LogP contribution in [-0.4, -0.2) is 30.8 Å². The maximum atomic E-state index is 12.8. The first-order chi connectivity index (χ1) is 18.4. The van der Waals surface area contributed by atoms with Gasteiger partial charge in [0.15, 0.2) is 0 Å². The van der Waals surface area contributed by atoms with Crippen molar-refractivity contribution in [3.63, 3.8) is 0 Å². The topological polar surface area (TPSA) is 77.8 Å². The van der Waals surface area contributed by atoms with Gasteiger partial charge in [-0.2, -0.15) is 8.42 Å². The Balaban J connectivity index is 1.47. The fourth-order valence-electron chi connectivity index (χ4n) is 4.51. The minimum absolute atomic E-state index is 0.0505. The van der Waals surface area contributed by atoms with E-state index in [9.17, 15) is 13.5 Å². The zero-order valence-corrected chi connectivity index (χ0v) is 21.8. The van der Waals surface area contributed by atoms with E-state index in [1.54, 1.807) is 12.1 Å². The van der Waals surface area contributed by atoms with E-state index >= 15 is 0 Å². The molecule has 0 radical (unpaired) electrons. The number of aliphatic hydroxyl groups excluding tert-OH is 1. The largest absolute Gasteiger partial charge is 0.487 e. The minimum Gasteiger partial charge on any atom is -0.487 e. The predicted octanol–water partition coefficient (Wildman–Crippen LogP) is 5.88. The number of aliphatic hydroxyl groups is 1. The van der Waals surface area contributed by atoms with Crippen LogP contribution in [0.4, 0.5) is 0 Å². The van der Waals surface area contributed by atoms with Crippen LogP contribution in [0.25, 0.3) is 10.9 Å². The van der Waals surface area contributed by atoms with E-state index in [0.717, 1.165) is 27.6 Å². The highest BCUT2D eigenvalue weighted by Crippen LogP contribution is 2.34. The van der Waals surface area contributed by atoms with Crippen LogP contribution in [0.15, 0.2) is 120 Å². The highest BCUT2D eigenvalue weighted by atomic mass is 32.2. The summed E-state index contributed by atoms with van der Waals surface area (Å²) in [5.74, 6) is 0.665. The van der Waals surface area contributed by atoms with E-state index in [1.165, 1.54) is 12.1 Å². The lowest BCUT2D eigenvalue weighted by Crippen LogP contribution is -2.30. The molecule has 5 rings (SSSR count). The van der Waals surface area contributed by atoms with Crippen molar-refractivity contribution in [2.75, 3.05) is 6.61 Å². The first-order valence-electron chi connectivity index (χ1n) is 12.4. The van der Waals surface area contributed by atoms with Gasteiger partial charge in [0.2, 0.25) is 0 Å². The van der Waals surface area contributed by atoms with Gasteiger partial charge < -0.3 is 14.4 Å². The number of fused-ring (bicyclic) bond motifs is 1. The quantitative estimate of drug-likeness (QED) is 0.229. The molecule has 1 heterocycles. The molecule has 0 amide bonds. The van der Waals surface area contributed by atoms with Crippen LogP contribution in [-0.2, 0) is 20.9 Å². The van der Waals surface area contributed by atoms with Crippen molar-refractivity contribution in [3.8, 4) is 5.75 Å². The number of nitrogens with zero attached hydrogens (tertiary/aromatic N) is 1. The molecule has 0 saturated carbocycles. The molecule has 1 N–H and O–H groups in total. The van der Waals surface area contributed by atoms with Gasteiger partial charge in [-0.3, -0.25) is 4.18 Å². The number of ether oxygens (including phenoxy) is 1. The summed E-state index contributed by atoms with van der Waals surface area (Å²) < 4.78 is 39.1. The third-order valence-electron chi connectivity index (χ3n) is 6.45. The second kappa shape index (κ2) is 11.2. The molecule has 2 atom stereocenters. The van der Waals surface area contributed by atoms with Gasteiger partial charge in [0.1, 0.15) is 18.5 Å². The van der Waals surface area contributed by atoms with Crippen molar-refractivity contribution in [3.05, 3.63) is 132 Å². The molecule has 38 heavy (non-hydrogen) atoms. The minimum atomic E-state index is -4.04. The Morgan fingerprint density at radius 2 is 1.50 bits per heavy atom. The molecule has 0 bridgehead atoms. The molecule has 0 aliphatic rings. The summed E-state index contributed by atoms with van der Waals surface area (Å²) in [5.41, 5.74) is 3.60. The Morgan fingerprint density at radius 1 is 0.816 bits per heavy atom. The van der Waals surface area contributed by atoms with Crippen molar-refractivity contribution >= 4 is 21.0 Å². The molecule has 7 heteroatoms. The molecule has 194 valence electrons. The highest BCUT2D eigenvalue weighted by molar-refractivity contribution is 7.86. The summed E-state index contributed by atoms with van der Waals surface area (Å²) in [4.78, 5) is 0.0505. The lowest BCUT2D eigenvalue weighted by Gasteiger charge is -2.26. The van der Waals surface area contributed by atoms with Crippen molar-refractivity contribution in [1.29, 1.82) is 0 Å². The fraction of sp³-hybridized carbons (Fsp3) is 0.161. The molecule has 5 aromatic rings. The van der Waals surface area contributed by atoms with E-state index < -0.39 is 28.9 Å². The number of hydrogen-bond donors (Lipinski definition) is 1. The van der Waals surface area contributed by atoms with E-state index in [-0.39, 0.29) is 4.90 Å². The fourth-order valence-corrected chi connectivity index (χ4v) is 5.43. The zero-order valence-electron chi connectivity index (χ0n) is 21.0. The predicted molar refractivity (Wildman–Crippen MR) is 148 cm³/mol. The van der Waals surface area contributed by atoms with Gasteiger partial charge >= 0.3 is 0 Å². The average Bonchev–Trinajstić information content (AvgIpc) is 3.37. The van der Waals surface area contributed by atoms with Crippen LogP contribution in [0.1, 0.15) is 22.7 Å². The Labute approximate surface area is 222 Å². The maximum Gasteiger partial charge on any atom is 0.297 e. The summed E-state index contributed by atoms with van der Waals surface area (Å²) in [5, 5.41) is 12.3. The zero-order chi connectivity index (χ0) is 26.5. The first kappa shape index (κ1) is 25.7. The van der Waals surface area contributed by atoms with Crippen LogP contribution in [0, 0.1) is 6.92 Å². The van der Waals surface area contributed by atoms with Gasteiger partial charge in [0, 0.05) is 11.6 Å². The van der Waals surface area contributed by atoms with Crippen LogP contribution in [0.3, 0.4) is 0 Å². The summed E-state index contributed by atoms with van der Waals surface area (Å²) in [6.07, 6.45) is 0.713. The van der Waals surface area contributed by atoms with Crippen LogP contribution >= 0.6 is 0 Å². The third-order valence-corrected chi connectivity index (χ3v) is 7.75. The summed E-state index contributed by atoms with van der Waals surface area (Å²) in [7, 11) is -4.04. The monoisotopic (exact) mass is 527 g/mol. The van der Waals surface area contributed by atoms with Crippen LogP contribution < -0.4 is 4.74 Å². The molecular formula is C31H29NO5S. The Hall–Kier alpha value is -3.91. The van der Waals surface area contributed by atoms with Crippen LogP contribution in [0.2, 0.25) is 0 Å². The van der Waals surface area contributed by atoms with Gasteiger partial charge in [0.25, 0.3) is 10.1 Å². The van der Waals surface area contributed by atoms with E-state index in [0.29, 0.717) is 12.4 Å². The summed E-state index contributed by atoms with van der Waals surface area (Å²) >= 11 is 0. The second-order valence-corrected chi connectivity index (χ2v) is 10.8. The standard InChI is InChI=1S/C31H29NO5S/c1-23-15-17-27(18-16-23)38(34,35)37-22-28(33)30(25-11-6-3-7-12-25)32-20-19-26-13-8-14-29(31(26)32)36-21-24-9-4-2-5-10-24/h2-20,28,30,33H,21-22H2,1H3/t28-,30+/m1/s1. The molecule has 0 saturated heterocycles. The molecule has 0 spiro atoms. The molecule has 0 fully saturated rings. The molecule has 0 unspecified atom stereocenters. The summed E-state index contributed by atoms with van der Waals surface area (Å²) in [6, 6.07) is 32.9. The normalized spacial score (nSPS) is 13.3. The number of hydrogen-bond acceptors (Lipinski definition) is 5. The summed E-state index contributed by atoms with van der Waals surface area (Å²) in [6.45, 7) is 1.86. The number of aryl methyl sites for hydroxylation is 1. The molecule has 0 aliphatic carbocycles. The number of aromatic nitrogens is 1. The van der Waals surface area contributed by atoms with Gasteiger partial charge in [-0.05, 0) is 42.3 Å². The second-order valence-electron chi connectivity index (χ2n) is 9.17. The lowest BCUT2D eigenvalue weighted by atomic mass is 10.0. The Bertz CT molecular complexity index is 1600. The van der Waals surface area contributed by atoms with E-state index in [1.807, 2.05) is 103 Å². The Morgan fingerprint density at radius 3 is 2.21 bits per heavy atom. The van der Waals surface area contributed by atoms with Crippen molar-refractivity contribution in [2.24, 2.45) is 0 Å². The van der Waals surface area contributed by atoms with Crippen LogP contribution in [0.5, 0.6) is 5.75 Å². The van der Waals surface area contributed by atoms with E-state index in [4.69, 9.17) is 8.92 Å². The van der Waals surface area contributed by atoms with Crippen molar-refractivity contribution < 1.29 is 22.4 Å². The molecule has 4 aromatic carbocycles. The first-order valence-corrected chi connectivity index (χ1v) is 13.8. The molecule has 6 nitrogen and oxygen atoms in total.